The number of hydrogen-bond acceptors (Lipinski definition) is 1. The minimum absolute atomic E-state index is 0.677. The molecule has 0 atom stereocenters. The lowest BCUT2D eigenvalue weighted by Crippen LogP contribution is -1.82. The van der Waals surface area contributed by atoms with Gasteiger partial charge < -0.3 is 4.98 Å². The number of nitrogens with zero attached hydrogens (tertiary/aromatic N) is 1. The molecule has 0 aliphatic rings. The number of aromatic amines is 1. The number of H-pyrrole nitrogens is 1. The largest absolute Gasteiger partial charge is 0.338 e. The second-order valence-corrected chi connectivity index (χ2v) is 6.11. The highest BCUT2D eigenvalue weighted by Crippen LogP contribution is 2.30. The number of hydrogen-bond donors (Lipinski definition) is 1. The Kier molecular flexibility index (Phi) is 3.18. The van der Waals surface area contributed by atoms with Crippen molar-refractivity contribution in [1.29, 1.82) is 0 Å². The van der Waals surface area contributed by atoms with E-state index in [1.165, 1.54) is 0 Å². The van der Waals surface area contributed by atoms with Crippen LogP contribution in [0.1, 0.15) is 0 Å². The van der Waals surface area contributed by atoms with E-state index in [4.69, 9.17) is 11.6 Å². The van der Waals surface area contributed by atoms with Gasteiger partial charge in [-0.1, -0.05) is 43.5 Å². The zero-order valence-electron chi connectivity index (χ0n) is 9.05. The summed E-state index contributed by atoms with van der Waals surface area (Å²) in [6, 6.07) is 11.6. The van der Waals surface area contributed by atoms with Crippen molar-refractivity contribution in [1.82, 2.24) is 9.97 Å². The molecule has 3 aromatic rings. The second-order valence-electron chi connectivity index (χ2n) is 3.87. The molecule has 0 bridgehead atoms. The number of aromatic nitrogens is 2. The Balaban J connectivity index is 2.22. The lowest BCUT2D eigenvalue weighted by atomic mass is 10.2. The van der Waals surface area contributed by atoms with Crippen molar-refractivity contribution in [2.45, 2.75) is 0 Å². The first-order valence-corrected chi connectivity index (χ1v) is 7.20. The van der Waals surface area contributed by atoms with Crippen molar-refractivity contribution < 1.29 is 0 Å². The molecule has 0 aliphatic heterocycles. The molecule has 0 spiro atoms. The van der Waals surface area contributed by atoms with Crippen molar-refractivity contribution >= 4 is 54.5 Å². The van der Waals surface area contributed by atoms with E-state index in [2.05, 4.69) is 41.8 Å². The third-order valence-electron chi connectivity index (χ3n) is 2.63. The molecule has 0 unspecified atom stereocenters. The van der Waals surface area contributed by atoms with Crippen LogP contribution in [0.3, 0.4) is 0 Å². The molecule has 3 rings (SSSR count). The standard InChI is InChI=1S/C13H7Br2ClN2/c14-7-1-3-10(16)9(5-7)13-17-11-4-2-8(15)6-12(11)18-13/h1-6H,(H,17,18). The summed E-state index contributed by atoms with van der Waals surface area (Å²) in [6.45, 7) is 0. The summed E-state index contributed by atoms with van der Waals surface area (Å²) < 4.78 is 1.99. The molecular formula is C13H7Br2ClN2. The van der Waals surface area contributed by atoms with E-state index >= 15 is 0 Å². The van der Waals surface area contributed by atoms with E-state index in [1.807, 2.05) is 36.4 Å². The van der Waals surface area contributed by atoms with Crippen LogP contribution < -0.4 is 0 Å². The molecule has 90 valence electrons. The van der Waals surface area contributed by atoms with Crippen LogP contribution in [0, 0.1) is 0 Å². The summed E-state index contributed by atoms with van der Waals surface area (Å²) in [5, 5.41) is 0.677. The van der Waals surface area contributed by atoms with Crippen molar-refractivity contribution in [2.24, 2.45) is 0 Å². The van der Waals surface area contributed by atoms with Gasteiger partial charge in [0.25, 0.3) is 0 Å². The summed E-state index contributed by atoms with van der Waals surface area (Å²) in [4.78, 5) is 7.82. The summed E-state index contributed by atoms with van der Waals surface area (Å²) in [6.07, 6.45) is 0. The molecule has 0 radical (unpaired) electrons. The third-order valence-corrected chi connectivity index (χ3v) is 3.94. The van der Waals surface area contributed by atoms with E-state index < -0.39 is 0 Å². The molecule has 0 aliphatic carbocycles. The number of halogens is 3. The minimum Gasteiger partial charge on any atom is -0.338 e. The van der Waals surface area contributed by atoms with Crippen LogP contribution in [0.15, 0.2) is 45.3 Å². The molecule has 2 aromatic carbocycles. The van der Waals surface area contributed by atoms with E-state index in [0.29, 0.717) is 5.02 Å². The van der Waals surface area contributed by atoms with Gasteiger partial charge in [0.05, 0.1) is 16.1 Å². The highest BCUT2D eigenvalue weighted by molar-refractivity contribution is 9.10. The van der Waals surface area contributed by atoms with Crippen LogP contribution in [0.4, 0.5) is 0 Å². The number of nitrogens with one attached hydrogen (secondary N) is 1. The zero-order chi connectivity index (χ0) is 12.7. The molecular weight excluding hydrogens is 379 g/mol. The van der Waals surface area contributed by atoms with Crippen LogP contribution in [0.5, 0.6) is 0 Å². The van der Waals surface area contributed by atoms with E-state index in [-0.39, 0.29) is 0 Å². The van der Waals surface area contributed by atoms with Gasteiger partial charge in [-0.15, -0.1) is 0 Å². The molecule has 5 heteroatoms. The maximum Gasteiger partial charge on any atom is 0.140 e. The quantitative estimate of drug-likeness (QED) is 0.595. The van der Waals surface area contributed by atoms with Crippen LogP contribution >= 0.6 is 43.5 Å². The van der Waals surface area contributed by atoms with Crippen molar-refractivity contribution in [2.75, 3.05) is 0 Å². The first-order valence-electron chi connectivity index (χ1n) is 5.24. The van der Waals surface area contributed by atoms with Gasteiger partial charge in [-0.05, 0) is 36.4 Å². The molecule has 1 aromatic heterocycles. The highest BCUT2D eigenvalue weighted by Gasteiger charge is 2.09. The van der Waals surface area contributed by atoms with Gasteiger partial charge in [0.15, 0.2) is 0 Å². The van der Waals surface area contributed by atoms with Crippen LogP contribution in [0.25, 0.3) is 22.4 Å². The summed E-state index contributed by atoms with van der Waals surface area (Å²) >= 11 is 13.1. The third kappa shape index (κ3) is 2.20. The van der Waals surface area contributed by atoms with Gasteiger partial charge in [-0.3, -0.25) is 0 Å². The average molecular weight is 386 g/mol. The van der Waals surface area contributed by atoms with Crippen molar-refractivity contribution in [3.05, 3.63) is 50.4 Å². The predicted molar refractivity (Wildman–Crippen MR) is 81.9 cm³/mol. The maximum absolute atomic E-state index is 6.20. The molecule has 2 nitrogen and oxygen atoms in total. The molecule has 0 amide bonds. The molecule has 1 N–H and O–H groups in total. The fraction of sp³-hybridized carbons (Fsp3) is 0. The molecule has 0 saturated carbocycles. The Morgan fingerprint density at radius 2 is 1.72 bits per heavy atom. The molecule has 0 saturated heterocycles. The average Bonchev–Trinajstić information content (AvgIpc) is 2.74. The number of fused-ring (bicyclic) bond motifs is 1. The van der Waals surface area contributed by atoms with Crippen molar-refractivity contribution in [3.8, 4) is 11.4 Å². The molecule has 0 fully saturated rings. The summed E-state index contributed by atoms with van der Waals surface area (Å²) in [7, 11) is 0. The first kappa shape index (κ1) is 12.2. The minimum atomic E-state index is 0.677. The number of imidazole rings is 1. The van der Waals surface area contributed by atoms with E-state index in [0.717, 1.165) is 31.4 Å². The number of benzene rings is 2. The monoisotopic (exact) mass is 384 g/mol. The number of rotatable bonds is 1. The Morgan fingerprint density at radius 3 is 2.56 bits per heavy atom. The van der Waals surface area contributed by atoms with Gasteiger partial charge in [0.2, 0.25) is 0 Å². The first-order chi connectivity index (χ1) is 8.63. The van der Waals surface area contributed by atoms with Crippen LogP contribution in [0.2, 0.25) is 5.02 Å². The predicted octanol–water partition coefficient (Wildman–Crippen LogP) is 5.41. The Bertz CT molecular complexity index is 737. The molecule has 18 heavy (non-hydrogen) atoms. The van der Waals surface area contributed by atoms with Gasteiger partial charge >= 0.3 is 0 Å². The lowest BCUT2D eigenvalue weighted by molar-refractivity contribution is 1.33. The van der Waals surface area contributed by atoms with Crippen LogP contribution in [-0.4, -0.2) is 9.97 Å². The van der Waals surface area contributed by atoms with E-state index in [9.17, 15) is 0 Å². The van der Waals surface area contributed by atoms with Gasteiger partial charge in [-0.2, -0.15) is 0 Å². The Morgan fingerprint density at radius 1 is 1.00 bits per heavy atom. The highest BCUT2D eigenvalue weighted by atomic mass is 79.9. The summed E-state index contributed by atoms with van der Waals surface area (Å²) in [5.41, 5.74) is 2.79. The zero-order valence-corrected chi connectivity index (χ0v) is 13.0. The second kappa shape index (κ2) is 4.68. The fourth-order valence-corrected chi connectivity index (χ4v) is 2.72. The van der Waals surface area contributed by atoms with Crippen molar-refractivity contribution in [3.63, 3.8) is 0 Å². The SMILES string of the molecule is Clc1ccc(Br)cc1-c1nc2ccc(Br)cc2[nH]1. The molecule has 1 heterocycles. The normalized spacial score (nSPS) is 11.1. The van der Waals surface area contributed by atoms with Gasteiger partial charge in [0.1, 0.15) is 5.82 Å². The van der Waals surface area contributed by atoms with Gasteiger partial charge in [0, 0.05) is 14.5 Å². The fourth-order valence-electron chi connectivity index (χ4n) is 1.79. The maximum atomic E-state index is 6.20. The lowest BCUT2D eigenvalue weighted by Gasteiger charge is -2.00. The van der Waals surface area contributed by atoms with Gasteiger partial charge in [-0.25, -0.2) is 4.98 Å². The Hall–Kier alpha value is -0.840. The Labute approximate surface area is 126 Å². The van der Waals surface area contributed by atoms with Crippen LogP contribution in [-0.2, 0) is 0 Å². The summed E-state index contributed by atoms with van der Waals surface area (Å²) in [5.74, 6) is 0.773. The van der Waals surface area contributed by atoms with E-state index in [1.54, 1.807) is 0 Å². The topological polar surface area (TPSA) is 28.7 Å². The smallest absolute Gasteiger partial charge is 0.140 e.